The van der Waals surface area contributed by atoms with Gasteiger partial charge in [0.25, 0.3) is 0 Å². The fraction of sp³-hybridized carbons (Fsp3) is 0.933. The number of amides is 1. The lowest BCUT2D eigenvalue weighted by atomic mass is 9.89. The Hall–Kier alpha value is -0.770. The molecule has 1 rings (SSSR count). The van der Waals surface area contributed by atoms with Gasteiger partial charge in [-0.1, -0.05) is 19.3 Å². The molecule has 0 bridgehead atoms. The highest BCUT2D eigenvalue weighted by Crippen LogP contribution is 2.25. The summed E-state index contributed by atoms with van der Waals surface area (Å²) >= 11 is 0. The zero-order chi connectivity index (χ0) is 14.3. The van der Waals surface area contributed by atoms with Gasteiger partial charge in [0.15, 0.2) is 0 Å². The molecule has 112 valence electrons. The van der Waals surface area contributed by atoms with Gasteiger partial charge in [-0.05, 0) is 39.5 Å². The standard InChI is InChI=1S/C15H29NO3/c1-15(2,3)19-14(17)16(10-11-18-4)12-13-8-6-5-7-9-13/h13H,5-12H2,1-4H3. The third kappa shape index (κ3) is 6.81. The molecule has 0 N–H and O–H groups in total. The first-order valence-electron chi connectivity index (χ1n) is 7.39. The molecule has 1 aliphatic carbocycles. The van der Waals surface area contributed by atoms with Gasteiger partial charge in [0, 0.05) is 20.2 Å². The summed E-state index contributed by atoms with van der Waals surface area (Å²) in [4.78, 5) is 14.0. The second-order valence-electron chi connectivity index (χ2n) is 6.42. The minimum absolute atomic E-state index is 0.213. The third-order valence-electron chi connectivity index (χ3n) is 3.42. The maximum absolute atomic E-state index is 12.2. The van der Waals surface area contributed by atoms with Crippen LogP contribution in [0.4, 0.5) is 4.79 Å². The van der Waals surface area contributed by atoms with Crippen molar-refractivity contribution in [1.29, 1.82) is 0 Å². The van der Waals surface area contributed by atoms with Gasteiger partial charge in [-0.25, -0.2) is 4.79 Å². The summed E-state index contributed by atoms with van der Waals surface area (Å²) in [5, 5.41) is 0. The van der Waals surface area contributed by atoms with Crippen molar-refractivity contribution in [1.82, 2.24) is 4.90 Å². The number of rotatable bonds is 5. The summed E-state index contributed by atoms with van der Waals surface area (Å²) in [6, 6.07) is 0. The molecule has 0 saturated heterocycles. The van der Waals surface area contributed by atoms with Crippen molar-refractivity contribution < 1.29 is 14.3 Å². The van der Waals surface area contributed by atoms with Crippen LogP contribution >= 0.6 is 0 Å². The number of carbonyl (C=O) groups is 1. The van der Waals surface area contributed by atoms with Crippen molar-refractivity contribution in [2.75, 3.05) is 26.8 Å². The molecule has 0 aromatic carbocycles. The number of carbonyl (C=O) groups excluding carboxylic acids is 1. The van der Waals surface area contributed by atoms with E-state index in [1.807, 2.05) is 25.7 Å². The maximum atomic E-state index is 12.2. The monoisotopic (exact) mass is 271 g/mol. The van der Waals surface area contributed by atoms with Crippen molar-refractivity contribution >= 4 is 6.09 Å². The number of nitrogens with zero attached hydrogens (tertiary/aromatic N) is 1. The fourth-order valence-corrected chi connectivity index (χ4v) is 2.47. The summed E-state index contributed by atoms with van der Waals surface area (Å²) in [5.74, 6) is 0.623. The number of hydrogen-bond acceptors (Lipinski definition) is 3. The van der Waals surface area contributed by atoms with E-state index in [1.54, 1.807) is 7.11 Å². The Bertz CT molecular complexity index is 267. The van der Waals surface area contributed by atoms with Crippen molar-refractivity contribution in [3.8, 4) is 0 Å². The summed E-state index contributed by atoms with van der Waals surface area (Å²) in [6.45, 7) is 7.69. The fourth-order valence-electron chi connectivity index (χ4n) is 2.47. The summed E-state index contributed by atoms with van der Waals surface area (Å²) in [5.41, 5.74) is -0.436. The van der Waals surface area contributed by atoms with Crippen LogP contribution in [0, 0.1) is 5.92 Å². The van der Waals surface area contributed by atoms with Gasteiger partial charge in [0.1, 0.15) is 5.60 Å². The molecule has 0 radical (unpaired) electrons. The van der Waals surface area contributed by atoms with E-state index < -0.39 is 5.60 Å². The SMILES string of the molecule is COCCN(CC1CCCCC1)C(=O)OC(C)(C)C. The van der Waals surface area contributed by atoms with Crippen LogP contribution in [0.5, 0.6) is 0 Å². The Morgan fingerprint density at radius 3 is 2.37 bits per heavy atom. The topological polar surface area (TPSA) is 38.8 Å². The van der Waals surface area contributed by atoms with Crippen LogP contribution in [0.1, 0.15) is 52.9 Å². The molecule has 0 heterocycles. The van der Waals surface area contributed by atoms with Crippen molar-refractivity contribution in [2.24, 2.45) is 5.92 Å². The third-order valence-corrected chi connectivity index (χ3v) is 3.42. The molecular weight excluding hydrogens is 242 g/mol. The van der Waals surface area contributed by atoms with Crippen LogP contribution in [0.25, 0.3) is 0 Å². The van der Waals surface area contributed by atoms with E-state index in [4.69, 9.17) is 9.47 Å². The van der Waals surface area contributed by atoms with Gasteiger partial charge in [-0.15, -0.1) is 0 Å². The van der Waals surface area contributed by atoms with Gasteiger partial charge in [0.05, 0.1) is 6.61 Å². The van der Waals surface area contributed by atoms with E-state index in [9.17, 15) is 4.79 Å². The zero-order valence-electron chi connectivity index (χ0n) is 12.9. The Morgan fingerprint density at radius 1 is 1.21 bits per heavy atom. The van der Waals surface area contributed by atoms with E-state index in [0.29, 0.717) is 19.1 Å². The average molecular weight is 271 g/mol. The average Bonchev–Trinajstić information content (AvgIpc) is 2.33. The van der Waals surface area contributed by atoms with Crippen LogP contribution in [-0.4, -0.2) is 43.4 Å². The molecule has 1 saturated carbocycles. The van der Waals surface area contributed by atoms with Crippen LogP contribution in [0.2, 0.25) is 0 Å². The van der Waals surface area contributed by atoms with Crippen LogP contribution in [0.15, 0.2) is 0 Å². The second-order valence-corrected chi connectivity index (χ2v) is 6.42. The normalized spacial score (nSPS) is 17.3. The van der Waals surface area contributed by atoms with Crippen molar-refractivity contribution in [3.05, 3.63) is 0 Å². The molecule has 19 heavy (non-hydrogen) atoms. The van der Waals surface area contributed by atoms with Crippen LogP contribution in [0.3, 0.4) is 0 Å². The Kier molecular flexibility index (Phi) is 6.63. The lowest BCUT2D eigenvalue weighted by molar-refractivity contribution is 0.0156. The maximum Gasteiger partial charge on any atom is 0.410 e. The van der Waals surface area contributed by atoms with Gasteiger partial charge < -0.3 is 14.4 Å². The molecule has 0 aromatic heterocycles. The van der Waals surface area contributed by atoms with Crippen molar-refractivity contribution in [2.45, 2.75) is 58.5 Å². The molecule has 4 heteroatoms. The first-order valence-corrected chi connectivity index (χ1v) is 7.39. The highest BCUT2D eigenvalue weighted by molar-refractivity contribution is 5.68. The number of methoxy groups -OCH3 is 1. The molecule has 0 aromatic rings. The predicted molar refractivity (Wildman–Crippen MR) is 76.3 cm³/mol. The molecule has 4 nitrogen and oxygen atoms in total. The molecule has 1 amide bonds. The van der Waals surface area contributed by atoms with E-state index in [0.717, 1.165) is 6.54 Å². The van der Waals surface area contributed by atoms with Crippen LogP contribution < -0.4 is 0 Å². The smallest absolute Gasteiger partial charge is 0.410 e. The van der Waals surface area contributed by atoms with Crippen LogP contribution in [-0.2, 0) is 9.47 Å². The van der Waals surface area contributed by atoms with Gasteiger partial charge in [0.2, 0.25) is 0 Å². The highest BCUT2D eigenvalue weighted by Gasteiger charge is 2.25. The van der Waals surface area contributed by atoms with Gasteiger partial charge >= 0.3 is 6.09 Å². The summed E-state index contributed by atoms with van der Waals surface area (Å²) in [7, 11) is 1.66. The van der Waals surface area contributed by atoms with E-state index in [-0.39, 0.29) is 6.09 Å². The zero-order valence-corrected chi connectivity index (χ0v) is 12.9. The highest BCUT2D eigenvalue weighted by atomic mass is 16.6. The molecule has 0 aliphatic heterocycles. The Morgan fingerprint density at radius 2 is 1.84 bits per heavy atom. The summed E-state index contributed by atoms with van der Waals surface area (Å²) in [6.07, 6.45) is 6.16. The number of hydrogen-bond donors (Lipinski definition) is 0. The van der Waals surface area contributed by atoms with Crippen molar-refractivity contribution in [3.63, 3.8) is 0 Å². The number of ether oxygens (including phenoxy) is 2. The largest absolute Gasteiger partial charge is 0.444 e. The van der Waals surface area contributed by atoms with E-state index in [2.05, 4.69) is 0 Å². The minimum Gasteiger partial charge on any atom is -0.444 e. The molecule has 1 aliphatic rings. The first kappa shape index (κ1) is 16.3. The Balaban J connectivity index is 2.51. The quantitative estimate of drug-likeness (QED) is 0.768. The molecule has 0 atom stereocenters. The molecule has 0 spiro atoms. The minimum atomic E-state index is -0.436. The Labute approximate surface area is 117 Å². The van der Waals surface area contributed by atoms with Gasteiger partial charge in [-0.2, -0.15) is 0 Å². The van der Waals surface area contributed by atoms with Gasteiger partial charge in [-0.3, -0.25) is 0 Å². The molecular formula is C15H29NO3. The molecule has 0 unspecified atom stereocenters. The first-order chi connectivity index (χ1) is 8.92. The van der Waals surface area contributed by atoms with E-state index >= 15 is 0 Å². The lowest BCUT2D eigenvalue weighted by Gasteiger charge is -2.31. The molecule has 1 fully saturated rings. The van der Waals surface area contributed by atoms with E-state index in [1.165, 1.54) is 32.1 Å². The predicted octanol–water partition coefficient (Wildman–Crippen LogP) is 3.45. The lowest BCUT2D eigenvalue weighted by Crippen LogP contribution is -2.41. The summed E-state index contributed by atoms with van der Waals surface area (Å²) < 4.78 is 10.6. The second kappa shape index (κ2) is 7.73.